The first-order chi connectivity index (χ1) is 7.74. The largest absolute Gasteiger partial charge is 0.454 e. The number of benzene rings is 1. The van der Waals surface area contributed by atoms with E-state index in [0.29, 0.717) is 5.15 Å². The van der Waals surface area contributed by atoms with Crippen molar-refractivity contribution in [1.82, 2.24) is 4.98 Å². The summed E-state index contributed by atoms with van der Waals surface area (Å²) in [7, 11) is 0. The summed E-state index contributed by atoms with van der Waals surface area (Å²) in [5, 5.41) is 3.25. The number of thiazole rings is 1. The molecule has 2 heterocycles. The van der Waals surface area contributed by atoms with E-state index < -0.39 is 0 Å². The fourth-order valence-electron chi connectivity index (χ4n) is 1.65. The van der Waals surface area contributed by atoms with Gasteiger partial charge in [0.15, 0.2) is 11.5 Å². The van der Waals surface area contributed by atoms with Gasteiger partial charge in [0, 0.05) is 10.9 Å². The first-order valence-corrected chi connectivity index (χ1v) is 6.01. The van der Waals surface area contributed by atoms with E-state index in [0.717, 1.165) is 27.6 Å². The van der Waals surface area contributed by atoms with Gasteiger partial charge in [-0.1, -0.05) is 11.6 Å². The van der Waals surface area contributed by atoms with Crippen LogP contribution in [0.3, 0.4) is 0 Å². The third-order valence-electron chi connectivity index (χ3n) is 2.43. The van der Waals surface area contributed by atoms with Crippen LogP contribution in [-0.4, -0.2) is 11.8 Å². The highest BCUT2D eigenvalue weighted by Crippen LogP contribution is 2.39. The molecule has 1 aromatic carbocycles. The van der Waals surface area contributed by atoms with Crippen LogP contribution in [0.5, 0.6) is 11.5 Å². The number of ether oxygens (including phenoxy) is 2. The molecule has 5 heteroatoms. The van der Waals surface area contributed by atoms with Gasteiger partial charge in [-0.15, -0.1) is 11.3 Å². The zero-order chi connectivity index (χ0) is 11.1. The Bertz CT molecular complexity index is 553. The number of hydrogen-bond acceptors (Lipinski definition) is 4. The fraction of sp³-hybridized carbons (Fsp3) is 0.182. The Balaban J connectivity index is 2.14. The molecular weight excluding hydrogens is 246 g/mol. The lowest BCUT2D eigenvalue weighted by Gasteiger charge is -2.04. The van der Waals surface area contributed by atoms with E-state index >= 15 is 0 Å². The second-order valence-corrected chi connectivity index (χ2v) is 4.74. The monoisotopic (exact) mass is 253 g/mol. The molecule has 3 rings (SSSR count). The van der Waals surface area contributed by atoms with Gasteiger partial charge in [0.2, 0.25) is 6.79 Å². The molecule has 3 nitrogen and oxygen atoms in total. The molecule has 1 aromatic heterocycles. The van der Waals surface area contributed by atoms with Gasteiger partial charge >= 0.3 is 0 Å². The average molecular weight is 254 g/mol. The van der Waals surface area contributed by atoms with Gasteiger partial charge in [-0.25, -0.2) is 4.98 Å². The number of aromatic nitrogens is 1. The van der Waals surface area contributed by atoms with Crippen molar-refractivity contribution in [3.8, 4) is 22.1 Å². The van der Waals surface area contributed by atoms with Crippen molar-refractivity contribution in [2.24, 2.45) is 0 Å². The normalized spacial score (nSPS) is 13.1. The second kappa shape index (κ2) is 3.64. The number of rotatable bonds is 1. The molecule has 16 heavy (non-hydrogen) atoms. The van der Waals surface area contributed by atoms with Crippen LogP contribution in [0.4, 0.5) is 0 Å². The molecule has 0 atom stereocenters. The summed E-state index contributed by atoms with van der Waals surface area (Å²) >= 11 is 7.35. The minimum atomic E-state index is 0.289. The molecule has 0 N–H and O–H groups in total. The van der Waals surface area contributed by atoms with Gasteiger partial charge in [-0.3, -0.25) is 0 Å². The standard InChI is InChI=1S/C11H8ClNO2S/c1-6-2-8-9(15-5-14-8)3-7(6)11-13-10(12)4-16-11/h2-4H,5H2,1H3. The van der Waals surface area contributed by atoms with E-state index in [1.807, 2.05) is 24.4 Å². The predicted octanol–water partition coefficient (Wildman–Crippen LogP) is 3.50. The lowest BCUT2D eigenvalue weighted by Crippen LogP contribution is -1.92. The minimum absolute atomic E-state index is 0.289. The van der Waals surface area contributed by atoms with Crippen molar-refractivity contribution in [2.45, 2.75) is 6.92 Å². The number of hydrogen-bond donors (Lipinski definition) is 0. The summed E-state index contributed by atoms with van der Waals surface area (Å²) in [5.74, 6) is 1.57. The fourth-order valence-corrected chi connectivity index (χ4v) is 2.68. The van der Waals surface area contributed by atoms with E-state index in [9.17, 15) is 0 Å². The third-order valence-corrected chi connectivity index (χ3v) is 3.62. The molecule has 0 amide bonds. The summed E-state index contributed by atoms with van der Waals surface area (Å²) in [6.45, 7) is 2.31. The summed E-state index contributed by atoms with van der Waals surface area (Å²) < 4.78 is 10.7. The minimum Gasteiger partial charge on any atom is -0.454 e. The molecular formula is C11H8ClNO2S. The van der Waals surface area contributed by atoms with Crippen molar-refractivity contribution in [2.75, 3.05) is 6.79 Å². The van der Waals surface area contributed by atoms with Crippen LogP contribution in [0.15, 0.2) is 17.5 Å². The van der Waals surface area contributed by atoms with Crippen molar-refractivity contribution < 1.29 is 9.47 Å². The van der Waals surface area contributed by atoms with Crippen LogP contribution in [0.1, 0.15) is 5.56 Å². The molecule has 0 saturated carbocycles. The summed E-state index contributed by atoms with van der Waals surface area (Å²) in [6, 6.07) is 3.92. The van der Waals surface area contributed by atoms with E-state index in [4.69, 9.17) is 21.1 Å². The quantitative estimate of drug-likeness (QED) is 0.780. The molecule has 0 spiro atoms. The van der Waals surface area contributed by atoms with Crippen LogP contribution in [0.2, 0.25) is 5.15 Å². The third kappa shape index (κ3) is 1.54. The smallest absolute Gasteiger partial charge is 0.231 e. The molecule has 0 fully saturated rings. The molecule has 0 bridgehead atoms. The molecule has 1 aliphatic rings. The molecule has 0 unspecified atom stereocenters. The van der Waals surface area contributed by atoms with Gasteiger partial charge < -0.3 is 9.47 Å². The Hall–Kier alpha value is -1.26. The highest BCUT2D eigenvalue weighted by molar-refractivity contribution is 7.13. The van der Waals surface area contributed by atoms with E-state index in [1.165, 1.54) is 11.3 Å². The van der Waals surface area contributed by atoms with Gasteiger partial charge in [0.05, 0.1) is 0 Å². The Morgan fingerprint density at radius 3 is 2.75 bits per heavy atom. The number of fused-ring (bicyclic) bond motifs is 1. The lowest BCUT2D eigenvalue weighted by atomic mass is 10.1. The molecule has 2 aromatic rings. The highest BCUT2D eigenvalue weighted by atomic mass is 35.5. The van der Waals surface area contributed by atoms with E-state index in [-0.39, 0.29) is 6.79 Å². The van der Waals surface area contributed by atoms with Crippen molar-refractivity contribution in [3.05, 3.63) is 28.2 Å². The average Bonchev–Trinajstić information content (AvgIpc) is 2.84. The van der Waals surface area contributed by atoms with E-state index in [1.54, 1.807) is 0 Å². The van der Waals surface area contributed by atoms with Gasteiger partial charge in [0.25, 0.3) is 0 Å². The number of aryl methyl sites for hydroxylation is 1. The Labute approximate surface area is 102 Å². The zero-order valence-electron chi connectivity index (χ0n) is 8.49. The predicted molar refractivity (Wildman–Crippen MR) is 63.4 cm³/mol. The topological polar surface area (TPSA) is 31.4 Å². The number of nitrogens with zero attached hydrogens (tertiary/aromatic N) is 1. The first kappa shape index (κ1) is 9.93. The molecule has 82 valence electrons. The van der Waals surface area contributed by atoms with Crippen LogP contribution < -0.4 is 9.47 Å². The van der Waals surface area contributed by atoms with Crippen LogP contribution in [-0.2, 0) is 0 Å². The Morgan fingerprint density at radius 2 is 2.06 bits per heavy atom. The van der Waals surface area contributed by atoms with Crippen molar-refractivity contribution >= 4 is 22.9 Å². The van der Waals surface area contributed by atoms with Gasteiger partial charge in [-0.05, 0) is 24.6 Å². The molecule has 0 saturated heterocycles. The Morgan fingerprint density at radius 1 is 1.31 bits per heavy atom. The van der Waals surface area contributed by atoms with Crippen LogP contribution in [0, 0.1) is 6.92 Å². The maximum absolute atomic E-state index is 5.82. The van der Waals surface area contributed by atoms with Gasteiger partial charge in [-0.2, -0.15) is 0 Å². The maximum atomic E-state index is 5.82. The van der Waals surface area contributed by atoms with Gasteiger partial charge in [0.1, 0.15) is 10.2 Å². The SMILES string of the molecule is Cc1cc2c(cc1-c1nc(Cl)cs1)OCO2. The number of halogens is 1. The molecule has 0 radical (unpaired) electrons. The lowest BCUT2D eigenvalue weighted by molar-refractivity contribution is 0.174. The summed E-state index contributed by atoms with van der Waals surface area (Å²) in [6.07, 6.45) is 0. The zero-order valence-corrected chi connectivity index (χ0v) is 10.1. The molecule has 0 aliphatic carbocycles. The summed E-state index contributed by atoms with van der Waals surface area (Å²) in [5.41, 5.74) is 2.15. The van der Waals surface area contributed by atoms with E-state index in [2.05, 4.69) is 4.98 Å². The van der Waals surface area contributed by atoms with Crippen LogP contribution >= 0.6 is 22.9 Å². The Kier molecular flexibility index (Phi) is 2.26. The molecule has 1 aliphatic heterocycles. The second-order valence-electron chi connectivity index (χ2n) is 3.50. The highest BCUT2D eigenvalue weighted by Gasteiger charge is 2.17. The summed E-state index contributed by atoms with van der Waals surface area (Å²) in [4.78, 5) is 4.25. The maximum Gasteiger partial charge on any atom is 0.231 e. The van der Waals surface area contributed by atoms with Crippen molar-refractivity contribution in [3.63, 3.8) is 0 Å². The van der Waals surface area contributed by atoms with Crippen LogP contribution in [0.25, 0.3) is 10.6 Å². The van der Waals surface area contributed by atoms with Crippen molar-refractivity contribution in [1.29, 1.82) is 0 Å². The first-order valence-electron chi connectivity index (χ1n) is 4.75.